The molecule has 2 aromatic carbocycles. The Kier molecular flexibility index (Phi) is 7.73. The summed E-state index contributed by atoms with van der Waals surface area (Å²) in [5.74, 6) is 0.735. The highest BCUT2D eigenvalue weighted by atomic mass is 35.5. The van der Waals surface area contributed by atoms with Gasteiger partial charge in [0.05, 0.1) is 19.1 Å². The molecule has 0 saturated carbocycles. The minimum Gasteiger partial charge on any atom is -0.489 e. The molecule has 0 aromatic heterocycles. The van der Waals surface area contributed by atoms with Crippen LogP contribution in [0.1, 0.15) is 12.0 Å². The number of rotatable bonds is 6. The van der Waals surface area contributed by atoms with E-state index < -0.39 is 0 Å². The van der Waals surface area contributed by atoms with Gasteiger partial charge in [0.1, 0.15) is 12.4 Å². The number of ether oxygens (including phenoxy) is 2. The highest BCUT2D eigenvalue weighted by Crippen LogP contribution is 2.17. The van der Waals surface area contributed by atoms with Crippen molar-refractivity contribution in [2.24, 2.45) is 0 Å². The third kappa shape index (κ3) is 6.38. The van der Waals surface area contributed by atoms with Crippen LogP contribution >= 0.6 is 12.4 Å². The maximum Gasteiger partial charge on any atom is 0.227 e. The predicted molar refractivity (Wildman–Crippen MR) is 100 cm³/mol. The van der Waals surface area contributed by atoms with Crippen molar-refractivity contribution in [2.45, 2.75) is 19.1 Å². The Morgan fingerprint density at radius 1 is 1.16 bits per heavy atom. The van der Waals surface area contributed by atoms with E-state index in [1.165, 1.54) is 0 Å². The number of carbonyl (C=O) groups excluding carboxylic acids is 1. The summed E-state index contributed by atoms with van der Waals surface area (Å²) in [6.45, 7) is 2.76. The monoisotopic (exact) mass is 362 g/mol. The van der Waals surface area contributed by atoms with Gasteiger partial charge < -0.3 is 20.1 Å². The van der Waals surface area contributed by atoms with Gasteiger partial charge in [-0.15, -0.1) is 12.4 Å². The molecule has 2 N–H and O–H groups in total. The topological polar surface area (TPSA) is 59.6 Å². The predicted octanol–water partition coefficient (Wildman–Crippen LogP) is 3.00. The number of halogens is 1. The van der Waals surface area contributed by atoms with Crippen molar-refractivity contribution in [1.29, 1.82) is 0 Å². The van der Waals surface area contributed by atoms with Gasteiger partial charge >= 0.3 is 0 Å². The Labute approximate surface area is 154 Å². The van der Waals surface area contributed by atoms with Crippen LogP contribution in [0.15, 0.2) is 54.6 Å². The zero-order chi connectivity index (χ0) is 16.6. The summed E-state index contributed by atoms with van der Waals surface area (Å²) in [6, 6.07) is 17.4. The number of benzene rings is 2. The molecule has 0 bridgehead atoms. The van der Waals surface area contributed by atoms with Crippen LogP contribution < -0.4 is 15.4 Å². The van der Waals surface area contributed by atoms with E-state index in [9.17, 15) is 4.79 Å². The lowest BCUT2D eigenvalue weighted by molar-refractivity contribution is -0.119. The SMILES string of the molecule is Cl.O=C(CC1CNCCO1)Nc1ccc(OCc2ccccc2)cc1. The Bertz CT molecular complexity index is 643. The van der Waals surface area contributed by atoms with Gasteiger partial charge in [0, 0.05) is 18.8 Å². The third-order valence-electron chi connectivity index (χ3n) is 3.80. The largest absolute Gasteiger partial charge is 0.489 e. The van der Waals surface area contributed by atoms with Crippen molar-refractivity contribution in [3.63, 3.8) is 0 Å². The number of carbonyl (C=O) groups is 1. The number of nitrogens with one attached hydrogen (secondary N) is 2. The molecule has 1 heterocycles. The number of anilines is 1. The van der Waals surface area contributed by atoms with E-state index in [0.717, 1.165) is 30.1 Å². The molecule has 1 saturated heterocycles. The first-order valence-corrected chi connectivity index (χ1v) is 8.18. The fraction of sp³-hybridized carbons (Fsp3) is 0.316. The maximum atomic E-state index is 12.0. The third-order valence-corrected chi connectivity index (χ3v) is 3.80. The fourth-order valence-electron chi connectivity index (χ4n) is 2.55. The first kappa shape index (κ1) is 19.2. The Hall–Kier alpha value is -2.08. The van der Waals surface area contributed by atoms with Crippen LogP contribution in [-0.4, -0.2) is 31.7 Å². The van der Waals surface area contributed by atoms with Gasteiger partial charge in [-0.1, -0.05) is 30.3 Å². The molecule has 1 fully saturated rings. The van der Waals surface area contributed by atoms with Crippen LogP contribution in [0.4, 0.5) is 5.69 Å². The highest BCUT2D eigenvalue weighted by molar-refractivity contribution is 5.91. The standard InChI is InChI=1S/C19H22N2O3.ClH/c22-19(12-18-13-20-10-11-23-18)21-16-6-8-17(9-7-16)24-14-15-4-2-1-3-5-15;/h1-9,18,20H,10-14H2,(H,21,22);1H. The van der Waals surface area contributed by atoms with Gasteiger partial charge in [0.2, 0.25) is 5.91 Å². The number of morpholine rings is 1. The average Bonchev–Trinajstić information content (AvgIpc) is 2.63. The van der Waals surface area contributed by atoms with E-state index in [-0.39, 0.29) is 24.4 Å². The van der Waals surface area contributed by atoms with E-state index in [2.05, 4.69) is 10.6 Å². The molecule has 0 aliphatic carbocycles. The molecule has 1 atom stereocenters. The average molecular weight is 363 g/mol. The smallest absolute Gasteiger partial charge is 0.227 e. The first-order chi connectivity index (χ1) is 11.8. The van der Waals surface area contributed by atoms with Gasteiger partial charge in [-0.25, -0.2) is 0 Å². The van der Waals surface area contributed by atoms with Crippen LogP contribution in [0.2, 0.25) is 0 Å². The summed E-state index contributed by atoms with van der Waals surface area (Å²) in [7, 11) is 0. The Morgan fingerprint density at radius 3 is 2.60 bits per heavy atom. The molecule has 2 aromatic rings. The molecule has 134 valence electrons. The molecule has 1 unspecified atom stereocenters. The zero-order valence-corrected chi connectivity index (χ0v) is 14.8. The molecular weight excluding hydrogens is 340 g/mol. The lowest BCUT2D eigenvalue weighted by Crippen LogP contribution is -2.40. The molecule has 1 aliphatic heterocycles. The summed E-state index contributed by atoms with van der Waals surface area (Å²) in [4.78, 5) is 12.0. The van der Waals surface area contributed by atoms with Gasteiger partial charge in [-0.05, 0) is 29.8 Å². The molecule has 1 amide bonds. The molecular formula is C19H23ClN2O3. The number of amides is 1. The van der Waals surface area contributed by atoms with Gasteiger partial charge in [-0.3, -0.25) is 4.79 Å². The van der Waals surface area contributed by atoms with Crippen molar-refractivity contribution < 1.29 is 14.3 Å². The lowest BCUT2D eigenvalue weighted by Gasteiger charge is -2.23. The second kappa shape index (κ2) is 10.0. The van der Waals surface area contributed by atoms with Crippen molar-refractivity contribution in [1.82, 2.24) is 5.32 Å². The van der Waals surface area contributed by atoms with Crippen molar-refractivity contribution in [3.8, 4) is 5.75 Å². The second-order valence-corrected chi connectivity index (χ2v) is 5.75. The minimum atomic E-state index is -0.0489. The quantitative estimate of drug-likeness (QED) is 0.829. The minimum absolute atomic E-state index is 0. The second-order valence-electron chi connectivity index (χ2n) is 5.75. The normalized spacial score (nSPS) is 16.6. The van der Waals surface area contributed by atoms with Crippen LogP contribution in [0.5, 0.6) is 5.75 Å². The van der Waals surface area contributed by atoms with E-state index in [1.807, 2.05) is 54.6 Å². The summed E-state index contributed by atoms with van der Waals surface area (Å²) in [5, 5.41) is 6.11. The Balaban J connectivity index is 0.00000225. The molecule has 5 nitrogen and oxygen atoms in total. The maximum absolute atomic E-state index is 12.0. The van der Waals surface area contributed by atoms with Crippen molar-refractivity contribution >= 4 is 24.0 Å². The van der Waals surface area contributed by atoms with Crippen molar-refractivity contribution in [2.75, 3.05) is 25.0 Å². The summed E-state index contributed by atoms with van der Waals surface area (Å²) < 4.78 is 11.3. The Morgan fingerprint density at radius 2 is 1.92 bits per heavy atom. The van der Waals surface area contributed by atoms with E-state index in [0.29, 0.717) is 19.6 Å². The van der Waals surface area contributed by atoms with Crippen LogP contribution in [0, 0.1) is 0 Å². The van der Waals surface area contributed by atoms with Crippen LogP contribution in [-0.2, 0) is 16.1 Å². The number of hydrogen-bond donors (Lipinski definition) is 2. The first-order valence-electron chi connectivity index (χ1n) is 8.18. The van der Waals surface area contributed by atoms with Gasteiger partial charge in [-0.2, -0.15) is 0 Å². The van der Waals surface area contributed by atoms with Crippen LogP contribution in [0.3, 0.4) is 0 Å². The molecule has 1 aliphatic rings. The molecule has 0 radical (unpaired) electrons. The molecule has 0 spiro atoms. The van der Waals surface area contributed by atoms with Gasteiger partial charge in [0.25, 0.3) is 0 Å². The fourth-order valence-corrected chi connectivity index (χ4v) is 2.55. The lowest BCUT2D eigenvalue weighted by atomic mass is 10.2. The van der Waals surface area contributed by atoms with Crippen LogP contribution in [0.25, 0.3) is 0 Å². The summed E-state index contributed by atoms with van der Waals surface area (Å²) in [6.07, 6.45) is 0.312. The molecule has 6 heteroatoms. The van der Waals surface area contributed by atoms with E-state index >= 15 is 0 Å². The van der Waals surface area contributed by atoms with E-state index in [1.54, 1.807) is 0 Å². The van der Waals surface area contributed by atoms with Crippen molar-refractivity contribution in [3.05, 3.63) is 60.2 Å². The number of hydrogen-bond acceptors (Lipinski definition) is 4. The van der Waals surface area contributed by atoms with E-state index in [4.69, 9.17) is 9.47 Å². The van der Waals surface area contributed by atoms with Gasteiger partial charge in [0.15, 0.2) is 0 Å². The molecule has 25 heavy (non-hydrogen) atoms. The zero-order valence-electron chi connectivity index (χ0n) is 13.9. The summed E-state index contributed by atoms with van der Waals surface area (Å²) in [5.41, 5.74) is 1.88. The molecule has 3 rings (SSSR count). The summed E-state index contributed by atoms with van der Waals surface area (Å²) >= 11 is 0. The highest BCUT2D eigenvalue weighted by Gasteiger charge is 2.17.